The summed E-state index contributed by atoms with van der Waals surface area (Å²) >= 11 is 0. The number of nitrogens with zero attached hydrogens (tertiary/aromatic N) is 3. The number of nitrogens with one attached hydrogen (secondary N) is 1. The van der Waals surface area contributed by atoms with Gasteiger partial charge in [-0.15, -0.1) is 0 Å². The summed E-state index contributed by atoms with van der Waals surface area (Å²) in [5, 5.41) is 3.40. The largest absolute Gasteiger partial charge is 0.383 e. The first-order valence-corrected chi connectivity index (χ1v) is 6.97. The lowest BCUT2D eigenvalue weighted by Crippen LogP contribution is -2.23. The van der Waals surface area contributed by atoms with E-state index in [0.717, 1.165) is 24.7 Å². The summed E-state index contributed by atoms with van der Waals surface area (Å²) in [6.07, 6.45) is 4.48. The molecule has 5 heteroatoms. The maximum atomic E-state index is 5.14. The van der Waals surface area contributed by atoms with E-state index in [1.54, 1.807) is 7.11 Å². The Bertz CT molecular complexity index is 362. The highest BCUT2D eigenvalue weighted by molar-refractivity contribution is 5.29. The third-order valence-corrected chi connectivity index (χ3v) is 2.94. The Morgan fingerprint density at radius 1 is 1.42 bits per heavy atom. The molecule has 19 heavy (non-hydrogen) atoms. The first-order chi connectivity index (χ1) is 9.02. The molecule has 1 unspecified atom stereocenters. The molecule has 0 amide bonds. The second-order valence-corrected chi connectivity index (χ2v) is 5.41. The summed E-state index contributed by atoms with van der Waals surface area (Å²) in [5.41, 5.74) is 1.06. The molecule has 0 aromatic carbocycles. The molecular weight excluding hydrogens is 240 g/mol. The molecule has 1 atom stereocenters. The zero-order chi connectivity index (χ0) is 14.3. The van der Waals surface area contributed by atoms with Gasteiger partial charge >= 0.3 is 0 Å². The Balaban J connectivity index is 2.48. The molecule has 0 fully saturated rings. The lowest BCUT2D eigenvalue weighted by molar-refractivity contribution is 0.190. The van der Waals surface area contributed by atoms with E-state index in [-0.39, 0.29) is 6.04 Å². The molecule has 0 aliphatic heterocycles. The van der Waals surface area contributed by atoms with Crippen molar-refractivity contribution in [3.63, 3.8) is 0 Å². The maximum absolute atomic E-state index is 5.14. The summed E-state index contributed by atoms with van der Waals surface area (Å²) in [6.45, 7) is 6.96. The molecule has 5 nitrogen and oxygen atoms in total. The highest BCUT2D eigenvalue weighted by atomic mass is 16.5. The van der Waals surface area contributed by atoms with Crippen molar-refractivity contribution < 1.29 is 4.74 Å². The van der Waals surface area contributed by atoms with Crippen molar-refractivity contribution >= 4 is 5.95 Å². The molecule has 1 N–H and O–H groups in total. The van der Waals surface area contributed by atoms with Gasteiger partial charge in [0.05, 0.1) is 12.3 Å². The van der Waals surface area contributed by atoms with Crippen molar-refractivity contribution in [2.45, 2.75) is 39.3 Å². The lowest BCUT2D eigenvalue weighted by atomic mass is 10.3. The number of anilines is 1. The van der Waals surface area contributed by atoms with Crippen molar-refractivity contribution in [3.8, 4) is 0 Å². The SMILES string of the molecule is COCC(C)Nc1nc(C)cn1CCCCN(C)C. The van der Waals surface area contributed by atoms with E-state index in [1.807, 2.05) is 6.92 Å². The molecular formula is C14H28N4O. The van der Waals surface area contributed by atoms with Gasteiger partial charge in [0.25, 0.3) is 0 Å². The van der Waals surface area contributed by atoms with Crippen LogP contribution >= 0.6 is 0 Å². The normalized spacial score (nSPS) is 12.9. The van der Waals surface area contributed by atoms with Crippen LogP contribution in [0.3, 0.4) is 0 Å². The first kappa shape index (κ1) is 16.0. The highest BCUT2D eigenvalue weighted by Crippen LogP contribution is 2.11. The molecule has 1 rings (SSSR count). The molecule has 0 radical (unpaired) electrons. The summed E-state index contributed by atoms with van der Waals surface area (Å²) in [6, 6.07) is 0.271. The van der Waals surface area contributed by atoms with E-state index < -0.39 is 0 Å². The summed E-state index contributed by atoms with van der Waals surface area (Å²) < 4.78 is 7.35. The summed E-state index contributed by atoms with van der Waals surface area (Å²) in [4.78, 5) is 6.75. The number of methoxy groups -OCH3 is 1. The first-order valence-electron chi connectivity index (χ1n) is 6.97. The van der Waals surface area contributed by atoms with E-state index in [4.69, 9.17) is 4.74 Å². The minimum Gasteiger partial charge on any atom is -0.383 e. The number of rotatable bonds is 9. The van der Waals surface area contributed by atoms with E-state index in [2.05, 4.69) is 47.0 Å². The molecule has 1 aromatic rings. The van der Waals surface area contributed by atoms with Crippen LogP contribution in [0.5, 0.6) is 0 Å². The van der Waals surface area contributed by atoms with Gasteiger partial charge in [0.2, 0.25) is 5.95 Å². The van der Waals surface area contributed by atoms with Gasteiger partial charge in [-0.3, -0.25) is 0 Å². The average Bonchev–Trinajstić information content (AvgIpc) is 2.65. The lowest BCUT2D eigenvalue weighted by Gasteiger charge is -2.15. The Labute approximate surface area is 117 Å². The number of ether oxygens (including phenoxy) is 1. The van der Waals surface area contributed by atoms with Crippen LogP contribution in [0.25, 0.3) is 0 Å². The molecule has 0 saturated carbocycles. The number of hydrogen-bond donors (Lipinski definition) is 1. The fraction of sp³-hybridized carbons (Fsp3) is 0.786. The smallest absolute Gasteiger partial charge is 0.203 e. The Kier molecular flexibility index (Phi) is 6.87. The van der Waals surface area contributed by atoms with Crippen LogP contribution in [0.4, 0.5) is 5.95 Å². The fourth-order valence-corrected chi connectivity index (χ4v) is 2.05. The van der Waals surface area contributed by atoms with Crippen LogP contribution in [0.15, 0.2) is 6.20 Å². The zero-order valence-electron chi connectivity index (χ0n) is 12.9. The molecule has 110 valence electrons. The number of unbranched alkanes of at least 4 members (excludes halogenated alkanes) is 1. The average molecular weight is 268 g/mol. The molecule has 0 bridgehead atoms. The topological polar surface area (TPSA) is 42.3 Å². The Morgan fingerprint density at radius 2 is 2.16 bits per heavy atom. The summed E-state index contributed by atoms with van der Waals surface area (Å²) in [7, 11) is 5.94. The predicted octanol–water partition coefficient (Wildman–Crippen LogP) is 1.98. The van der Waals surface area contributed by atoms with Crippen molar-refractivity contribution in [1.82, 2.24) is 14.5 Å². The van der Waals surface area contributed by atoms with Crippen LogP contribution < -0.4 is 5.32 Å². The minimum absolute atomic E-state index is 0.271. The number of aryl methyl sites for hydroxylation is 2. The summed E-state index contributed by atoms with van der Waals surface area (Å²) in [5.74, 6) is 0.951. The van der Waals surface area contributed by atoms with Gasteiger partial charge in [0.15, 0.2) is 0 Å². The standard InChI is InChI=1S/C14H28N4O/c1-12-10-18(9-7-6-8-17(3)4)14(15-12)16-13(2)11-19-5/h10,13H,6-9,11H2,1-5H3,(H,15,16). The van der Waals surface area contributed by atoms with Crippen LogP contribution in [-0.2, 0) is 11.3 Å². The van der Waals surface area contributed by atoms with E-state index in [0.29, 0.717) is 6.61 Å². The van der Waals surface area contributed by atoms with Crippen LogP contribution in [0, 0.1) is 6.92 Å². The number of aromatic nitrogens is 2. The monoisotopic (exact) mass is 268 g/mol. The molecule has 0 aliphatic rings. The van der Waals surface area contributed by atoms with Gasteiger partial charge in [-0.05, 0) is 47.3 Å². The molecule has 0 spiro atoms. The van der Waals surface area contributed by atoms with Gasteiger partial charge < -0.3 is 19.5 Å². The van der Waals surface area contributed by atoms with Crippen molar-refractivity contribution in [1.29, 1.82) is 0 Å². The Hall–Kier alpha value is -1.07. The van der Waals surface area contributed by atoms with Crippen molar-refractivity contribution in [3.05, 3.63) is 11.9 Å². The second-order valence-electron chi connectivity index (χ2n) is 5.41. The quantitative estimate of drug-likeness (QED) is 0.695. The van der Waals surface area contributed by atoms with Gasteiger partial charge in [-0.1, -0.05) is 0 Å². The van der Waals surface area contributed by atoms with E-state index in [9.17, 15) is 0 Å². The fourth-order valence-electron chi connectivity index (χ4n) is 2.05. The molecule has 0 saturated heterocycles. The minimum atomic E-state index is 0.271. The van der Waals surface area contributed by atoms with Gasteiger partial charge in [0, 0.05) is 25.9 Å². The van der Waals surface area contributed by atoms with Crippen LogP contribution in [0.2, 0.25) is 0 Å². The third kappa shape index (κ3) is 6.07. The highest BCUT2D eigenvalue weighted by Gasteiger charge is 2.08. The van der Waals surface area contributed by atoms with E-state index >= 15 is 0 Å². The molecule has 0 aliphatic carbocycles. The number of hydrogen-bond acceptors (Lipinski definition) is 4. The third-order valence-electron chi connectivity index (χ3n) is 2.94. The van der Waals surface area contributed by atoms with Gasteiger partial charge in [0.1, 0.15) is 0 Å². The predicted molar refractivity (Wildman–Crippen MR) is 79.7 cm³/mol. The zero-order valence-corrected chi connectivity index (χ0v) is 12.9. The van der Waals surface area contributed by atoms with Crippen molar-refractivity contribution in [2.24, 2.45) is 0 Å². The van der Waals surface area contributed by atoms with Crippen LogP contribution in [-0.4, -0.2) is 54.8 Å². The van der Waals surface area contributed by atoms with Crippen molar-refractivity contribution in [2.75, 3.05) is 39.7 Å². The van der Waals surface area contributed by atoms with Gasteiger partial charge in [-0.25, -0.2) is 4.98 Å². The van der Waals surface area contributed by atoms with Crippen LogP contribution in [0.1, 0.15) is 25.5 Å². The maximum Gasteiger partial charge on any atom is 0.203 e. The molecule has 1 aromatic heterocycles. The van der Waals surface area contributed by atoms with E-state index in [1.165, 1.54) is 12.8 Å². The van der Waals surface area contributed by atoms with Gasteiger partial charge in [-0.2, -0.15) is 0 Å². The second kappa shape index (κ2) is 8.17. The Morgan fingerprint density at radius 3 is 2.79 bits per heavy atom. The molecule has 1 heterocycles. The number of imidazole rings is 1.